The average Bonchev–Trinajstić information content (AvgIpc) is 3.58. The Morgan fingerprint density at radius 3 is 1.93 bits per heavy atom. The van der Waals surface area contributed by atoms with Crippen LogP contribution in [-0.4, -0.2) is 96.5 Å². The Balaban J connectivity index is 2.14. The zero-order chi connectivity index (χ0) is 29.7. The van der Waals surface area contributed by atoms with Crippen LogP contribution in [0.4, 0.5) is 0 Å². The molecule has 0 aliphatic heterocycles. The number of aromatic nitrogens is 4. The van der Waals surface area contributed by atoms with Crippen molar-refractivity contribution in [1.29, 1.82) is 0 Å². The summed E-state index contributed by atoms with van der Waals surface area (Å²) in [5.41, 5.74) is 17.4. The number of nitrogens with zero attached hydrogens (tertiary/aromatic N) is 3. The molecule has 3 amide bonds. The fraction of sp³-hybridized carbons (Fsp3) is 0.455. The van der Waals surface area contributed by atoms with Gasteiger partial charge in [0.05, 0.1) is 25.1 Å². The molecule has 0 saturated carbocycles. The van der Waals surface area contributed by atoms with Crippen LogP contribution in [0.2, 0.25) is 0 Å². The van der Waals surface area contributed by atoms with Gasteiger partial charge >= 0.3 is 11.9 Å². The van der Waals surface area contributed by atoms with Crippen molar-refractivity contribution in [3.8, 4) is 0 Å². The van der Waals surface area contributed by atoms with E-state index in [0.717, 1.165) is 0 Å². The Morgan fingerprint density at radius 2 is 1.40 bits per heavy atom. The number of nitrogens with two attached hydrogens (primary N) is 3. The summed E-state index contributed by atoms with van der Waals surface area (Å²) in [7, 11) is 0. The molecule has 218 valence electrons. The number of H-pyrrole nitrogens is 2. The predicted molar refractivity (Wildman–Crippen MR) is 138 cm³/mol. The van der Waals surface area contributed by atoms with Crippen LogP contribution in [-0.2, 0) is 36.8 Å². The van der Waals surface area contributed by atoms with Crippen molar-refractivity contribution >= 4 is 35.6 Å². The Morgan fingerprint density at radius 1 is 0.850 bits per heavy atom. The first-order chi connectivity index (χ1) is 19.0. The number of hydrogen-bond acceptors (Lipinski definition) is 9. The van der Waals surface area contributed by atoms with Crippen molar-refractivity contribution in [3.63, 3.8) is 0 Å². The smallest absolute Gasteiger partial charge is 0.326 e. The normalized spacial score (nSPS) is 13.7. The van der Waals surface area contributed by atoms with Gasteiger partial charge in [-0.2, -0.15) is 0 Å². The van der Waals surface area contributed by atoms with E-state index in [1.165, 1.54) is 25.0 Å². The van der Waals surface area contributed by atoms with Gasteiger partial charge in [-0.3, -0.25) is 24.2 Å². The Kier molecular flexibility index (Phi) is 12.0. The lowest BCUT2D eigenvalue weighted by atomic mass is 10.1. The number of nitrogens with one attached hydrogen (secondary N) is 5. The monoisotopic (exact) mass is 563 g/mol. The van der Waals surface area contributed by atoms with Crippen LogP contribution in [0, 0.1) is 0 Å². The molecule has 0 radical (unpaired) electrons. The molecule has 2 rings (SSSR count). The molecular weight excluding hydrogens is 530 g/mol. The number of aliphatic carboxylic acids is 2. The number of rotatable bonds is 17. The van der Waals surface area contributed by atoms with Gasteiger partial charge in [-0.05, 0) is 12.8 Å². The van der Waals surface area contributed by atoms with E-state index in [9.17, 15) is 34.2 Å². The van der Waals surface area contributed by atoms with Gasteiger partial charge in [0.2, 0.25) is 17.7 Å². The minimum absolute atomic E-state index is 0.0194. The molecule has 4 unspecified atom stereocenters. The lowest BCUT2D eigenvalue weighted by Gasteiger charge is -2.24. The van der Waals surface area contributed by atoms with Crippen molar-refractivity contribution in [3.05, 3.63) is 36.4 Å². The fourth-order valence-corrected chi connectivity index (χ4v) is 3.52. The number of carbonyl (C=O) groups is 5. The quantitative estimate of drug-likeness (QED) is 0.0505. The third kappa shape index (κ3) is 10.8. The largest absolute Gasteiger partial charge is 0.481 e. The summed E-state index contributed by atoms with van der Waals surface area (Å²) in [4.78, 5) is 78.9. The highest BCUT2D eigenvalue weighted by Crippen LogP contribution is 2.05. The summed E-state index contributed by atoms with van der Waals surface area (Å²) in [5.74, 6) is -5.56. The van der Waals surface area contributed by atoms with Gasteiger partial charge in [0.1, 0.15) is 18.1 Å². The molecule has 18 nitrogen and oxygen atoms in total. The first-order valence-corrected chi connectivity index (χ1v) is 12.1. The molecule has 0 aromatic carbocycles. The second-order valence-electron chi connectivity index (χ2n) is 8.74. The SMILES string of the molecule is NC(N)=NCCCC(NC(=O)C(Cc1cnc[nH]1)NC(=O)C(CC(=O)O)NC(=O)C(N)Cc1cnc[nH]1)C(=O)O. The van der Waals surface area contributed by atoms with E-state index in [4.69, 9.17) is 17.2 Å². The zero-order valence-corrected chi connectivity index (χ0v) is 21.4. The molecule has 13 N–H and O–H groups in total. The van der Waals surface area contributed by atoms with Gasteiger partial charge in [0, 0.05) is 43.2 Å². The summed E-state index contributed by atoms with van der Waals surface area (Å²) in [5, 5.41) is 25.9. The molecule has 0 saturated heterocycles. The molecule has 0 aliphatic rings. The maximum absolute atomic E-state index is 13.1. The highest BCUT2D eigenvalue weighted by Gasteiger charge is 2.32. The Bertz CT molecular complexity index is 1160. The summed E-state index contributed by atoms with van der Waals surface area (Å²) in [6, 6.07) is -5.43. The van der Waals surface area contributed by atoms with Gasteiger partial charge in [-0.25, -0.2) is 14.8 Å². The number of aromatic amines is 2. The molecular formula is C22H33N11O7. The fourth-order valence-electron chi connectivity index (χ4n) is 3.52. The standard InChI is InChI=1S/C22H33N11O7/c23-13(4-11-7-26-9-29-11)18(36)32-16(6-17(34)35)20(38)33-15(5-12-8-27-10-30-12)19(37)31-14(21(39)40)2-1-3-28-22(24)25/h7-10,13-16H,1-6,23H2,(H,26,29)(H,27,30)(H,31,37)(H,32,36)(H,33,38)(H,34,35)(H,39,40)(H4,24,25,28). The van der Waals surface area contributed by atoms with E-state index in [2.05, 4.69) is 40.9 Å². The van der Waals surface area contributed by atoms with Gasteiger partial charge in [-0.15, -0.1) is 0 Å². The van der Waals surface area contributed by atoms with Crippen LogP contribution in [0.5, 0.6) is 0 Å². The molecule has 2 aromatic rings. The molecule has 40 heavy (non-hydrogen) atoms. The highest BCUT2D eigenvalue weighted by atomic mass is 16.4. The zero-order valence-electron chi connectivity index (χ0n) is 21.4. The average molecular weight is 564 g/mol. The topological polar surface area (TPSA) is 310 Å². The lowest BCUT2D eigenvalue weighted by molar-refractivity contribution is -0.143. The molecule has 0 spiro atoms. The maximum Gasteiger partial charge on any atom is 0.326 e. The van der Waals surface area contributed by atoms with Crippen LogP contribution in [0.1, 0.15) is 30.7 Å². The van der Waals surface area contributed by atoms with E-state index in [-0.39, 0.29) is 38.2 Å². The third-order valence-electron chi connectivity index (χ3n) is 5.51. The predicted octanol–water partition coefficient (Wildman–Crippen LogP) is -3.69. The molecule has 0 fully saturated rings. The van der Waals surface area contributed by atoms with Crippen LogP contribution in [0.25, 0.3) is 0 Å². The number of amides is 3. The van der Waals surface area contributed by atoms with Crippen molar-refractivity contribution in [2.24, 2.45) is 22.2 Å². The number of carboxylic acids is 2. The number of carbonyl (C=O) groups excluding carboxylic acids is 3. The number of imidazole rings is 2. The molecule has 2 heterocycles. The third-order valence-corrected chi connectivity index (χ3v) is 5.51. The second-order valence-corrected chi connectivity index (χ2v) is 8.74. The minimum Gasteiger partial charge on any atom is -0.481 e. The van der Waals surface area contributed by atoms with Crippen molar-refractivity contribution < 1.29 is 34.2 Å². The first kappa shape index (κ1) is 31.2. The first-order valence-electron chi connectivity index (χ1n) is 12.1. The second kappa shape index (κ2) is 15.4. The van der Waals surface area contributed by atoms with Crippen molar-refractivity contribution in [2.45, 2.75) is 56.3 Å². The Hall–Kier alpha value is -5.00. The summed E-state index contributed by atoms with van der Waals surface area (Å²) < 4.78 is 0. The van der Waals surface area contributed by atoms with Crippen LogP contribution in [0.3, 0.4) is 0 Å². The molecule has 18 heteroatoms. The van der Waals surface area contributed by atoms with Gasteiger partial charge in [0.15, 0.2) is 5.96 Å². The number of hydrogen-bond donors (Lipinski definition) is 10. The highest BCUT2D eigenvalue weighted by molar-refractivity contribution is 5.95. The summed E-state index contributed by atoms with van der Waals surface area (Å²) in [6.45, 7) is 0.134. The van der Waals surface area contributed by atoms with Crippen LogP contribution in [0.15, 0.2) is 30.0 Å². The van der Waals surface area contributed by atoms with E-state index in [0.29, 0.717) is 11.4 Å². The van der Waals surface area contributed by atoms with Crippen LogP contribution >= 0.6 is 0 Å². The van der Waals surface area contributed by atoms with Crippen molar-refractivity contribution in [1.82, 2.24) is 35.9 Å². The number of guanidine groups is 1. The van der Waals surface area contributed by atoms with E-state index < -0.39 is 60.2 Å². The van der Waals surface area contributed by atoms with Crippen LogP contribution < -0.4 is 33.2 Å². The maximum atomic E-state index is 13.1. The minimum atomic E-state index is -1.59. The molecule has 0 bridgehead atoms. The van der Waals surface area contributed by atoms with E-state index >= 15 is 0 Å². The lowest BCUT2D eigenvalue weighted by Crippen LogP contribution is -2.58. The van der Waals surface area contributed by atoms with E-state index in [1.54, 1.807) is 0 Å². The number of aliphatic imine (C=N–C) groups is 1. The molecule has 4 atom stereocenters. The van der Waals surface area contributed by atoms with E-state index in [1.807, 2.05) is 0 Å². The van der Waals surface area contributed by atoms with Gasteiger partial charge < -0.3 is 53.3 Å². The molecule has 0 aliphatic carbocycles. The molecule has 2 aromatic heterocycles. The van der Waals surface area contributed by atoms with Crippen molar-refractivity contribution in [2.75, 3.05) is 6.54 Å². The summed E-state index contributed by atoms with van der Waals surface area (Å²) >= 11 is 0. The summed E-state index contributed by atoms with van der Waals surface area (Å²) in [6.07, 6.45) is 4.87. The van der Waals surface area contributed by atoms with Gasteiger partial charge in [-0.1, -0.05) is 0 Å². The van der Waals surface area contributed by atoms with Gasteiger partial charge in [0.25, 0.3) is 0 Å². The Labute approximate surface area is 227 Å². The number of carboxylic acid groups (broad SMARTS) is 2.